The van der Waals surface area contributed by atoms with Crippen molar-refractivity contribution >= 4 is 5.69 Å². The summed E-state index contributed by atoms with van der Waals surface area (Å²) in [4.78, 5) is 2.33. The summed E-state index contributed by atoms with van der Waals surface area (Å²) in [6.45, 7) is 5.04. The average Bonchev–Trinajstić information content (AvgIpc) is 2.17. The average molecular weight is 163 g/mol. The molecule has 12 heavy (non-hydrogen) atoms. The molecular weight excluding hydrogens is 150 g/mol. The van der Waals surface area contributed by atoms with Gasteiger partial charge in [0.25, 0.3) is 0 Å². The van der Waals surface area contributed by atoms with E-state index in [1.807, 2.05) is 12.1 Å². The Morgan fingerprint density at radius 2 is 2.25 bits per heavy atom. The van der Waals surface area contributed by atoms with Crippen molar-refractivity contribution in [2.75, 3.05) is 24.6 Å². The van der Waals surface area contributed by atoms with Gasteiger partial charge in [0.1, 0.15) is 12.4 Å². The highest BCUT2D eigenvalue weighted by Gasteiger charge is 2.14. The third kappa shape index (κ3) is 1.13. The first-order valence-electron chi connectivity index (χ1n) is 4.38. The number of para-hydroxylation sites is 2. The van der Waals surface area contributed by atoms with E-state index in [1.165, 1.54) is 5.69 Å². The van der Waals surface area contributed by atoms with E-state index >= 15 is 0 Å². The van der Waals surface area contributed by atoms with Crippen LogP contribution in [-0.2, 0) is 0 Å². The quantitative estimate of drug-likeness (QED) is 0.627. The molecule has 0 radical (unpaired) electrons. The van der Waals surface area contributed by atoms with Crippen LogP contribution in [0.1, 0.15) is 6.92 Å². The Hall–Kier alpha value is -1.18. The number of fused-ring (bicyclic) bond motifs is 1. The molecule has 0 fully saturated rings. The van der Waals surface area contributed by atoms with Crippen LogP contribution in [0.3, 0.4) is 0 Å². The zero-order valence-corrected chi connectivity index (χ0v) is 7.29. The van der Waals surface area contributed by atoms with Crippen molar-refractivity contribution in [2.45, 2.75) is 6.92 Å². The minimum absolute atomic E-state index is 0.810. The van der Waals surface area contributed by atoms with Crippen LogP contribution in [0.2, 0.25) is 0 Å². The fourth-order valence-electron chi connectivity index (χ4n) is 1.56. The van der Waals surface area contributed by atoms with E-state index in [9.17, 15) is 0 Å². The van der Waals surface area contributed by atoms with Gasteiger partial charge in [0.15, 0.2) is 0 Å². The number of ether oxygens (including phenoxy) is 1. The van der Waals surface area contributed by atoms with E-state index < -0.39 is 0 Å². The molecule has 1 aromatic rings. The highest BCUT2D eigenvalue weighted by molar-refractivity contribution is 5.59. The van der Waals surface area contributed by atoms with Crippen LogP contribution in [0.15, 0.2) is 24.3 Å². The monoisotopic (exact) mass is 163 g/mol. The predicted octanol–water partition coefficient (Wildman–Crippen LogP) is 1.91. The summed E-state index contributed by atoms with van der Waals surface area (Å²) < 4.78 is 5.51. The van der Waals surface area contributed by atoms with Crippen LogP contribution in [0.4, 0.5) is 5.69 Å². The summed E-state index contributed by atoms with van der Waals surface area (Å²) >= 11 is 0. The Kier molecular flexibility index (Phi) is 1.90. The summed E-state index contributed by atoms with van der Waals surface area (Å²) in [6, 6.07) is 8.20. The molecule has 2 nitrogen and oxygen atoms in total. The molecule has 1 aliphatic heterocycles. The Balaban J connectivity index is 2.37. The maximum absolute atomic E-state index is 5.51. The molecule has 1 aromatic carbocycles. The summed E-state index contributed by atoms with van der Waals surface area (Å²) in [5.41, 5.74) is 1.23. The summed E-state index contributed by atoms with van der Waals surface area (Å²) in [5, 5.41) is 0. The largest absolute Gasteiger partial charge is 0.490 e. The molecule has 64 valence electrons. The SMILES string of the molecule is CCN1CCOc2ccccc21. The first-order valence-corrected chi connectivity index (χ1v) is 4.38. The Bertz CT molecular complexity index is 272. The van der Waals surface area contributed by atoms with Gasteiger partial charge in [0, 0.05) is 6.54 Å². The molecule has 0 spiro atoms. The molecule has 0 bridgehead atoms. The van der Waals surface area contributed by atoms with E-state index in [0.29, 0.717) is 0 Å². The van der Waals surface area contributed by atoms with Crippen molar-refractivity contribution in [2.24, 2.45) is 0 Å². The molecule has 1 heterocycles. The van der Waals surface area contributed by atoms with Crippen LogP contribution in [0.5, 0.6) is 5.75 Å². The van der Waals surface area contributed by atoms with Gasteiger partial charge in [0.2, 0.25) is 0 Å². The van der Waals surface area contributed by atoms with Crippen molar-refractivity contribution < 1.29 is 4.74 Å². The second-order valence-corrected chi connectivity index (χ2v) is 2.90. The third-order valence-corrected chi connectivity index (χ3v) is 2.21. The molecule has 0 amide bonds. The molecule has 2 heteroatoms. The molecule has 0 saturated carbocycles. The molecule has 0 saturated heterocycles. The lowest BCUT2D eigenvalue weighted by Gasteiger charge is -2.29. The summed E-state index contributed by atoms with van der Waals surface area (Å²) in [6.07, 6.45) is 0. The Morgan fingerprint density at radius 1 is 1.42 bits per heavy atom. The normalized spacial score (nSPS) is 15.2. The van der Waals surface area contributed by atoms with E-state index in [4.69, 9.17) is 4.74 Å². The second kappa shape index (κ2) is 3.05. The lowest BCUT2D eigenvalue weighted by molar-refractivity contribution is 0.308. The minimum atomic E-state index is 0.810. The Morgan fingerprint density at radius 3 is 3.08 bits per heavy atom. The van der Waals surface area contributed by atoms with Crippen LogP contribution >= 0.6 is 0 Å². The van der Waals surface area contributed by atoms with Crippen LogP contribution in [-0.4, -0.2) is 19.7 Å². The van der Waals surface area contributed by atoms with Crippen molar-refractivity contribution in [1.82, 2.24) is 0 Å². The zero-order valence-electron chi connectivity index (χ0n) is 7.29. The predicted molar refractivity (Wildman–Crippen MR) is 49.8 cm³/mol. The number of likely N-dealkylation sites (N-methyl/N-ethyl adjacent to an activating group) is 1. The van der Waals surface area contributed by atoms with E-state index in [-0.39, 0.29) is 0 Å². The standard InChI is InChI=1S/C10H13NO/c1-2-11-7-8-12-10-6-4-3-5-9(10)11/h3-6H,2,7-8H2,1H3. The number of rotatable bonds is 1. The molecule has 0 aliphatic carbocycles. The molecular formula is C10H13NO. The van der Waals surface area contributed by atoms with Gasteiger partial charge in [-0.15, -0.1) is 0 Å². The van der Waals surface area contributed by atoms with Gasteiger partial charge < -0.3 is 9.64 Å². The van der Waals surface area contributed by atoms with Crippen molar-refractivity contribution in [3.8, 4) is 5.75 Å². The molecule has 0 unspecified atom stereocenters. The maximum Gasteiger partial charge on any atom is 0.142 e. The Labute approximate surface area is 72.8 Å². The fraction of sp³-hybridized carbons (Fsp3) is 0.400. The first-order chi connectivity index (χ1) is 5.92. The van der Waals surface area contributed by atoms with Crippen molar-refractivity contribution in [3.63, 3.8) is 0 Å². The lowest BCUT2D eigenvalue weighted by Crippen LogP contribution is -2.32. The van der Waals surface area contributed by atoms with Crippen LogP contribution < -0.4 is 9.64 Å². The topological polar surface area (TPSA) is 12.5 Å². The van der Waals surface area contributed by atoms with Crippen LogP contribution in [0.25, 0.3) is 0 Å². The van der Waals surface area contributed by atoms with E-state index in [0.717, 1.165) is 25.4 Å². The number of benzene rings is 1. The fourth-order valence-corrected chi connectivity index (χ4v) is 1.56. The van der Waals surface area contributed by atoms with Gasteiger partial charge in [-0.3, -0.25) is 0 Å². The van der Waals surface area contributed by atoms with Gasteiger partial charge >= 0.3 is 0 Å². The molecule has 0 atom stereocenters. The number of anilines is 1. The summed E-state index contributed by atoms with van der Waals surface area (Å²) in [5.74, 6) is 1.02. The lowest BCUT2D eigenvalue weighted by atomic mass is 10.2. The van der Waals surface area contributed by atoms with Gasteiger partial charge in [-0.1, -0.05) is 12.1 Å². The number of hydrogen-bond acceptors (Lipinski definition) is 2. The molecule has 0 N–H and O–H groups in total. The van der Waals surface area contributed by atoms with Gasteiger partial charge in [-0.05, 0) is 19.1 Å². The zero-order chi connectivity index (χ0) is 8.39. The van der Waals surface area contributed by atoms with Gasteiger partial charge in [-0.25, -0.2) is 0 Å². The van der Waals surface area contributed by atoms with Crippen molar-refractivity contribution in [3.05, 3.63) is 24.3 Å². The minimum Gasteiger partial charge on any atom is -0.490 e. The molecule has 0 aromatic heterocycles. The second-order valence-electron chi connectivity index (χ2n) is 2.90. The highest BCUT2D eigenvalue weighted by atomic mass is 16.5. The summed E-state index contributed by atoms with van der Waals surface area (Å²) in [7, 11) is 0. The van der Waals surface area contributed by atoms with Crippen molar-refractivity contribution in [1.29, 1.82) is 0 Å². The van der Waals surface area contributed by atoms with Gasteiger partial charge in [0.05, 0.1) is 12.2 Å². The molecule has 2 rings (SSSR count). The smallest absolute Gasteiger partial charge is 0.142 e. The van der Waals surface area contributed by atoms with E-state index in [1.54, 1.807) is 0 Å². The van der Waals surface area contributed by atoms with Crippen LogP contribution in [0, 0.1) is 0 Å². The number of hydrogen-bond donors (Lipinski definition) is 0. The highest BCUT2D eigenvalue weighted by Crippen LogP contribution is 2.30. The third-order valence-electron chi connectivity index (χ3n) is 2.21. The van der Waals surface area contributed by atoms with Gasteiger partial charge in [-0.2, -0.15) is 0 Å². The maximum atomic E-state index is 5.51. The molecule has 1 aliphatic rings. The van der Waals surface area contributed by atoms with E-state index in [2.05, 4.69) is 24.0 Å². The number of nitrogens with zero attached hydrogens (tertiary/aromatic N) is 1. The first kappa shape index (κ1) is 7.47.